The molecule has 0 amide bonds. The first kappa shape index (κ1) is 11.3. The molecule has 0 aromatic heterocycles. The van der Waals surface area contributed by atoms with E-state index in [-0.39, 0.29) is 17.1 Å². The molecule has 0 heterocycles. The van der Waals surface area contributed by atoms with Gasteiger partial charge in [-0.15, -0.1) is 8.37 Å². The van der Waals surface area contributed by atoms with E-state index in [9.17, 15) is 0 Å². The minimum absolute atomic E-state index is 0.0890. The van der Waals surface area contributed by atoms with E-state index in [0.29, 0.717) is 0 Å². The summed E-state index contributed by atoms with van der Waals surface area (Å²) in [4.78, 5) is 0. The minimum Gasteiger partial charge on any atom is -0.141 e. The van der Waals surface area contributed by atoms with Crippen molar-refractivity contribution in [3.63, 3.8) is 0 Å². The summed E-state index contributed by atoms with van der Waals surface area (Å²) >= 11 is -0.301. The maximum atomic E-state index is 5.63. The molecule has 0 aliphatic carbocycles. The third-order valence-corrected chi connectivity index (χ3v) is 2.48. The van der Waals surface area contributed by atoms with Gasteiger partial charge >= 0.3 is 11.5 Å². The van der Waals surface area contributed by atoms with E-state index in [1.807, 2.05) is 27.7 Å². The van der Waals surface area contributed by atoms with Gasteiger partial charge in [0.1, 0.15) is 12.2 Å². The fraction of sp³-hybridized carbons (Fsp3) is 1.00. The molecule has 0 aromatic rings. The monoisotopic (exact) mass is 179 g/mol. The number of rotatable bonds is 4. The molecule has 0 aliphatic rings. The molecule has 0 N–H and O–H groups in total. The van der Waals surface area contributed by atoms with Crippen LogP contribution in [0.2, 0.25) is 0 Å². The number of hydrogen-bond acceptors (Lipinski definition) is 2. The summed E-state index contributed by atoms with van der Waals surface area (Å²) in [6.07, 6.45) is 0. The Morgan fingerprint density at radius 1 is 1.18 bits per heavy atom. The van der Waals surface area contributed by atoms with E-state index in [1.54, 1.807) is 0 Å². The summed E-state index contributed by atoms with van der Waals surface area (Å²) in [6.45, 7) is 10.9. The van der Waals surface area contributed by atoms with E-state index < -0.39 is 0 Å². The van der Waals surface area contributed by atoms with Gasteiger partial charge in [-0.25, -0.2) is 0 Å². The molecule has 1 atom stereocenters. The van der Waals surface area contributed by atoms with Crippen LogP contribution in [0.4, 0.5) is 0 Å². The number of hydrogen-bond donors (Lipinski definition) is 0. The van der Waals surface area contributed by atoms with Crippen molar-refractivity contribution in [3.8, 4) is 0 Å². The van der Waals surface area contributed by atoms with Crippen LogP contribution in [-0.4, -0.2) is 18.0 Å². The predicted octanol–water partition coefficient (Wildman–Crippen LogP) is 2.31. The third kappa shape index (κ3) is 6.66. The van der Waals surface area contributed by atoms with Crippen LogP contribution in [0.1, 0.15) is 34.6 Å². The van der Waals surface area contributed by atoms with Gasteiger partial charge in [0.15, 0.2) is 5.75 Å². The van der Waals surface area contributed by atoms with Crippen LogP contribution in [0.5, 0.6) is 0 Å². The highest BCUT2D eigenvalue weighted by Gasteiger charge is 2.28. The standard InChI is InChI=1S/C8H19O2S/c1-6-9-11(7-2)10-8(3,4)5/h6-7H2,1-5H3/q+1. The first-order valence-corrected chi connectivity index (χ1v) is 5.27. The molecule has 0 radical (unpaired) electrons. The fourth-order valence-electron chi connectivity index (χ4n) is 0.577. The Morgan fingerprint density at radius 2 is 1.73 bits per heavy atom. The molecule has 0 saturated heterocycles. The summed E-state index contributed by atoms with van der Waals surface area (Å²) in [5, 5.41) is 0. The average molecular weight is 179 g/mol. The maximum absolute atomic E-state index is 5.63. The Balaban J connectivity index is 3.68. The molecule has 68 valence electrons. The molecule has 0 spiro atoms. The Kier molecular flexibility index (Phi) is 5.13. The summed E-state index contributed by atoms with van der Waals surface area (Å²) in [5.74, 6) is 0.936. The second kappa shape index (κ2) is 5.01. The van der Waals surface area contributed by atoms with Crippen LogP contribution < -0.4 is 0 Å². The maximum Gasteiger partial charge on any atom is 0.315 e. The quantitative estimate of drug-likeness (QED) is 0.617. The molecule has 0 aliphatic heterocycles. The van der Waals surface area contributed by atoms with Crippen LogP contribution >= 0.6 is 0 Å². The van der Waals surface area contributed by atoms with Gasteiger partial charge in [0.05, 0.1) is 0 Å². The molecule has 2 nitrogen and oxygen atoms in total. The van der Waals surface area contributed by atoms with Crippen molar-refractivity contribution in [2.45, 2.75) is 40.2 Å². The first-order chi connectivity index (χ1) is 4.99. The van der Waals surface area contributed by atoms with Crippen molar-refractivity contribution >= 4 is 11.5 Å². The smallest absolute Gasteiger partial charge is 0.141 e. The third-order valence-electron chi connectivity index (χ3n) is 0.828. The average Bonchev–Trinajstić information content (AvgIpc) is 1.84. The zero-order valence-corrected chi connectivity index (χ0v) is 8.96. The van der Waals surface area contributed by atoms with Gasteiger partial charge in [0.2, 0.25) is 0 Å². The lowest BCUT2D eigenvalue weighted by atomic mass is 10.2. The van der Waals surface area contributed by atoms with Crippen molar-refractivity contribution in [1.82, 2.24) is 0 Å². The fourth-order valence-corrected chi connectivity index (χ4v) is 1.73. The zero-order valence-electron chi connectivity index (χ0n) is 8.14. The molecule has 11 heavy (non-hydrogen) atoms. The lowest BCUT2D eigenvalue weighted by Crippen LogP contribution is -2.26. The normalized spacial score (nSPS) is 15.0. The van der Waals surface area contributed by atoms with Gasteiger partial charge in [-0.05, 0) is 34.6 Å². The molecule has 1 unspecified atom stereocenters. The SMILES string of the molecule is CCO[S+](CC)OC(C)(C)C. The molecule has 0 fully saturated rings. The van der Waals surface area contributed by atoms with Crippen molar-refractivity contribution in [3.05, 3.63) is 0 Å². The van der Waals surface area contributed by atoms with Crippen LogP contribution in [-0.2, 0) is 19.8 Å². The van der Waals surface area contributed by atoms with Crippen molar-refractivity contribution in [2.75, 3.05) is 12.4 Å². The molecule has 0 aromatic carbocycles. The molecular weight excluding hydrogens is 160 g/mol. The predicted molar refractivity (Wildman–Crippen MR) is 50.4 cm³/mol. The van der Waals surface area contributed by atoms with Gasteiger partial charge in [-0.2, -0.15) is 0 Å². The Morgan fingerprint density at radius 3 is 2.00 bits per heavy atom. The lowest BCUT2D eigenvalue weighted by Gasteiger charge is -2.14. The molecular formula is C8H19O2S+. The second-order valence-electron chi connectivity index (χ2n) is 3.19. The van der Waals surface area contributed by atoms with Gasteiger partial charge in [-0.1, -0.05) is 0 Å². The van der Waals surface area contributed by atoms with E-state index in [1.165, 1.54) is 0 Å². The van der Waals surface area contributed by atoms with Gasteiger partial charge in [0.25, 0.3) is 0 Å². The van der Waals surface area contributed by atoms with E-state index in [2.05, 4.69) is 6.92 Å². The van der Waals surface area contributed by atoms with Gasteiger partial charge < -0.3 is 0 Å². The van der Waals surface area contributed by atoms with Crippen LogP contribution in [0.25, 0.3) is 0 Å². The Bertz CT molecular complexity index is 98.8. The largest absolute Gasteiger partial charge is 0.315 e. The van der Waals surface area contributed by atoms with E-state index in [4.69, 9.17) is 8.37 Å². The van der Waals surface area contributed by atoms with Crippen molar-refractivity contribution in [2.24, 2.45) is 0 Å². The highest BCUT2D eigenvalue weighted by molar-refractivity contribution is 7.87. The van der Waals surface area contributed by atoms with E-state index in [0.717, 1.165) is 12.4 Å². The van der Waals surface area contributed by atoms with Gasteiger partial charge in [0, 0.05) is 0 Å². The molecule has 0 saturated carbocycles. The van der Waals surface area contributed by atoms with Crippen molar-refractivity contribution in [1.29, 1.82) is 0 Å². The Labute approximate surface area is 73.0 Å². The molecule has 0 rings (SSSR count). The first-order valence-electron chi connectivity index (χ1n) is 4.03. The molecule has 3 heteroatoms. The highest BCUT2D eigenvalue weighted by atomic mass is 32.2. The van der Waals surface area contributed by atoms with Gasteiger partial charge in [-0.3, -0.25) is 0 Å². The lowest BCUT2D eigenvalue weighted by molar-refractivity contribution is 0.131. The minimum atomic E-state index is -0.301. The topological polar surface area (TPSA) is 18.5 Å². The summed E-state index contributed by atoms with van der Waals surface area (Å²) in [5.41, 5.74) is -0.0890. The molecule has 0 bridgehead atoms. The highest BCUT2D eigenvalue weighted by Crippen LogP contribution is 2.14. The zero-order chi connectivity index (χ0) is 8.91. The second-order valence-corrected chi connectivity index (χ2v) is 4.78. The Hall–Kier alpha value is 0.270. The summed E-state index contributed by atoms with van der Waals surface area (Å²) in [6, 6.07) is 0. The van der Waals surface area contributed by atoms with Crippen LogP contribution in [0, 0.1) is 0 Å². The summed E-state index contributed by atoms with van der Waals surface area (Å²) in [7, 11) is 0. The van der Waals surface area contributed by atoms with Crippen molar-refractivity contribution < 1.29 is 8.37 Å². The van der Waals surface area contributed by atoms with Crippen LogP contribution in [0.15, 0.2) is 0 Å². The summed E-state index contributed by atoms with van der Waals surface area (Å²) < 4.78 is 11.0. The van der Waals surface area contributed by atoms with Crippen LogP contribution in [0.3, 0.4) is 0 Å². The van der Waals surface area contributed by atoms with E-state index >= 15 is 0 Å².